The standard InChI is InChI=1S/C21F46O3Si/c22-1(23,3(26,27)5(30,31)7(34,35)9(38,39)11(42,43)13(46,47)15(50,51)17(54,55)56)2(24,25)4(28,29)6(32,33)8(36,37)10(40,41)12(44,45)14(48,49)16(52,53)18(57,58)71(68-19(59,60)61,69-20(62,63)64)70-21(65,66)67. The second kappa shape index (κ2) is 16.7. The molecule has 0 aromatic carbocycles. The lowest BCUT2D eigenvalue weighted by molar-refractivity contribution is -0.493. The highest BCUT2D eigenvalue weighted by atomic mass is 28.4. The van der Waals surface area contributed by atoms with Gasteiger partial charge in [-0.25, -0.2) is 0 Å². The van der Waals surface area contributed by atoms with Crippen LogP contribution in [0.4, 0.5) is 202 Å². The van der Waals surface area contributed by atoms with Gasteiger partial charge in [-0.15, -0.1) is 39.5 Å². The maximum Gasteiger partial charge on any atom is 0.601 e. The first-order valence-electron chi connectivity index (χ1n) is 14.4. The fourth-order valence-electron chi connectivity index (χ4n) is 4.04. The molecule has 0 heterocycles. The van der Waals surface area contributed by atoms with Crippen molar-refractivity contribution in [2.24, 2.45) is 0 Å². The van der Waals surface area contributed by atoms with E-state index in [1.807, 2.05) is 0 Å². The molecule has 0 saturated heterocycles. The first-order chi connectivity index (χ1) is 29.6. The summed E-state index contributed by atoms with van der Waals surface area (Å²) < 4.78 is 626. The summed E-state index contributed by atoms with van der Waals surface area (Å²) in [6.45, 7) is 0. The van der Waals surface area contributed by atoms with Crippen LogP contribution in [-0.2, 0) is 13.3 Å². The van der Waals surface area contributed by atoms with Crippen molar-refractivity contribution in [1.29, 1.82) is 0 Å². The zero-order valence-electron chi connectivity index (χ0n) is 29.6. The molecule has 0 radical (unpaired) electrons. The third-order valence-corrected chi connectivity index (χ3v) is 10.4. The fraction of sp³-hybridized carbons (Fsp3) is 1.00. The van der Waals surface area contributed by atoms with E-state index in [1.165, 1.54) is 0 Å². The third-order valence-electron chi connectivity index (χ3n) is 7.80. The molecular weight excluding hydrogens is 1200 g/mol. The molecule has 0 amide bonds. The van der Waals surface area contributed by atoms with E-state index < -0.39 is 134 Å². The van der Waals surface area contributed by atoms with Gasteiger partial charge in [0.25, 0.3) is 0 Å². The number of halogens is 46. The number of alkyl halides is 46. The van der Waals surface area contributed by atoms with Crippen LogP contribution in [0.2, 0.25) is 0 Å². The van der Waals surface area contributed by atoms with Crippen molar-refractivity contribution in [3.63, 3.8) is 0 Å². The van der Waals surface area contributed by atoms with E-state index >= 15 is 0 Å². The minimum absolute atomic E-state index is 1.10. The quantitative estimate of drug-likeness (QED) is 0.0898. The van der Waals surface area contributed by atoms with Crippen LogP contribution in [0.15, 0.2) is 0 Å². The first-order valence-corrected chi connectivity index (χ1v) is 16.1. The molecule has 0 aromatic rings. The molecule has 0 aliphatic carbocycles. The van der Waals surface area contributed by atoms with Crippen LogP contribution < -0.4 is 0 Å². The Kier molecular flexibility index (Phi) is 16.0. The highest BCUT2D eigenvalue weighted by molar-refractivity contribution is 6.64. The molecule has 428 valence electrons. The lowest BCUT2D eigenvalue weighted by Gasteiger charge is -2.47. The first kappa shape index (κ1) is 67.9. The van der Waals surface area contributed by atoms with Gasteiger partial charge in [0.1, 0.15) is 0 Å². The van der Waals surface area contributed by atoms with Crippen LogP contribution in [0, 0.1) is 0 Å². The van der Waals surface area contributed by atoms with Crippen molar-refractivity contribution in [2.45, 2.75) is 126 Å². The average Bonchev–Trinajstić information content (AvgIpc) is 3.07. The summed E-state index contributed by atoms with van der Waals surface area (Å²) in [7, 11) is -11.1. The van der Waals surface area contributed by atoms with Crippen LogP contribution in [0.25, 0.3) is 0 Å². The van der Waals surface area contributed by atoms with Crippen LogP contribution in [0.3, 0.4) is 0 Å². The summed E-state index contributed by atoms with van der Waals surface area (Å²) >= 11 is 0. The van der Waals surface area contributed by atoms with Crippen LogP contribution in [0.1, 0.15) is 0 Å². The predicted octanol–water partition coefficient (Wildman–Crippen LogP) is 14.4. The van der Waals surface area contributed by atoms with Gasteiger partial charge in [-0.3, -0.25) is 13.3 Å². The normalized spacial score (nSPS) is 17.3. The molecule has 0 spiro atoms. The Morgan fingerprint density at radius 3 is 0.380 bits per heavy atom. The number of hydrogen-bond acceptors (Lipinski definition) is 3. The highest BCUT2D eigenvalue weighted by Gasteiger charge is 3.03. The van der Waals surface area contributed by atoms with Gasteiger partial charge in [0.05, 0.1) is 0 Å². The summed E-state index contributed by atoms with van der Waals surface area (Å²) in [5, 5.41) is 0. The van der Waals surface area contributed by atoms with E-state index in [0.717, 1.165) is 13.3 Å². The molecule has 71 heavy (non-hydrogen) atoms. The second-order valence-electron chi connectivity index (χ2n) is 12.5. The van der Waals surface area contributed by atoms with Crippen molar-refractivity contribution in [3.05, 3.63) is 0 Å². The third kappa shape index (κ3) is 9.00. The minimum Gasteiger partial charge on any atom is -0.280 e. The Hall–Kier alpha value is -3.12. The van der Waals surface area contributed by atoms with Crippen molar-refractivity contribution >= 4 is 8.80 Å². The van der Waals surface area contributed by atoms with E-state index in [1.54, 1.807) is 0 Å². The maximum absolute atomic E-state index is 14.5. The molecule has 3 nitrogen and oxygen atoms in total. The Morgan fingerprint density at radius 2 is 0.268 bits per heavy atom. The average molecular weight is 1200 g/mol. The number of hydrogen-bond donors (Lipinski definition) is 0. The van der Waals surface area contributed by atoms with Crippen molar-refractivity contribution in [2.75, 3.05) is 0 Å². The van der Waals surface area contributed by atoms with Crippen molar-refractivity contribution in [1.82, 2.24) is 0 Å². The van der Waals surface area contributed by atoms with E-state index in [4.69, 9.17) is 0 Å². The molecule has 0 rings (SSSR count). The molecule has 0 N–H and O–H groups in total. The van der Waals surface area contributed by atoms with Gasteiger partial charge < -0.3 is 0 Å². The number of rotatable bonds is 20. The lowest BCUT2D eigenvalue weighted by Crippen LogP contribution is -2.81. The van der Waals surface area contributed by atoms with E-state index in [9.17, 15) is 202 Å². The van der Waals surface area contributed by atoms with Crippen LogP contribution in [-0.4, -0.2) is 134 Å². The summed E-state index contributed by atoms with van der Waals surface area (Å²) in [6, 6.07) is 0. The molecule has 0 bridgehead atoms. The summed E-state index contributed by atoms with van der Waals surface area (Å²) in [5.41, 5.74) is -9.82. The largest absolute Gasteiger partial charge is 0.601 e. The van der Waals surface area contributed by atoms with Gasteiger partial charge in [0, 0.05) is 0 Å². The molecule has 0 aliphatic heterocycles. The Balaban J connectivity index is 8.28. The maximum atomic E-state index is 14.5. The molecule has 0 aliphatic rings. The Labute approximate surface area is 351 Å². The molecule has 50 heteroatoms. The zero-order valence-corrected chi connectivity index (χ0v) is 30.6. The monoisotopic (exact) mass is 1200 g/mol. The van der Waals surface area contributed by atoms with Crippen LogP contribution >= 0.6 is 0 Å². The van der Waals surface area contributed by atoms with E-state index in [-0.39, 0.29) is 0 Å². The Morgan fingerprint density at radius 1 is 0.155 bits per heavy atom. The van der Waals surface area contributed by atoms with E-state index in [0.29, 0.717) is 0 Å². The van der Waals surface area contributed by atoms with Gasteiger partial charge in [-0.2, -0.15) is 162 Å². The predicted molar refractivity (Wildman–Crippen MR) is 117 cm³/mol. The minimum atomic E-state index is -11.1. The molecule has 0 aromatic heterocycles. The van der Waals surface area contributed by atoms with Gasteiger partial charge in [0.15, 0.2) is 0 Å². The molecule has 0 fully saturated rings. The Bertz CT molecular complexity index is 1850. The summed E-state index contributed by atoms with van der Waals surface area (Å²) in [4.78, 5) is 0. The van der Waals surface area contributed by atoms with Crippen molar-refractivity contribution < 1.29 is 215 Å². The molecule has 0 atom stereocenters. The van der Waals surface area contributed by atoms with Gasteiger partial charge in [-0.1, -0.05) is 0 Å². The summed E-state index contributed by atoms with van der Waals surface area (Å²) in [6.07, 6.45) is -33.0. The van der Waals surface area contributed by atoms with Gasteiger partial charge in [0.2, 0.25) is 0 Å². The van der Waals surface area contributed by atoms with Crippen LogP contribution in [0.5, 0.6) is 0 Å². The van der Waals surface area contributed by atoms with Crippen molar-refractivity contribution in [3.8, 4) is 0 Å². The van der Waals surface area contributed by atoms with Gasteiger partial charge >= 0.3 is 134 Å². The lowest BCUT2D eigenvalue weighted by atomic mass is 9.82. The smallest absolute Gasteiger partial charge is 0.280 e. The van der Waals surface area contributed by atoms with E-state index in [2.05, 4.69) is 0 Å². The molecular formula is C21F46O3Si. The molecule has 0 unspecified atom stereocenters. The van der Waals surface area contributed by atoms with Gasteiger partial charge in [-0.05, 0) is 0 Å². The zero-order chi connectivity index (χ0) is 59.1. The fourth-order valence-corrected chi connectivity index (χ4v) is 6.00. The second-order valence-corrected chi connectivity index (χ2v) is 14.8. The topological polar surface area (TPSA) is 27.7 Å². The SMILES string of the molecule is FC(F)(F)O[Si](OC(F)(F)F)(OC(F)(F)F)C(F)(F)C(F)(F)C(F)(F)C(F)(F)C(F)(F)C(F)(F)C(F)(F)C(F)(F)C(F)(F)C(F)(F)C(F)(F)C(F)(F)C(F)(F)C(F)(F)C(F)(F)C(F)(F)C(F)(F)C(F)(F)F. The summed E-state index contributed by atoms with van der Waals surface area (Å²) in [5.74, 6) is -167. The molecule has 0 saturated carbocycles. The highest BCUT2D eigenvalue weighted by Crippen LogP contribution is 2.71.